The third-order valence-corrected chi connectivity index (χ3v) is 2.64. The highest BCUT2D eigenvalue weighted by atomic mass is 16.6. The van der Waals surface area contributed by atoms with Crippen LogP contribution >= 0.6 is 0 Å². The molecule has 0 radical (unpaired) electrons. The van der Waals surface area contributed by atoms with Gasteiger partial charge in [-0.3, -0.25) is 10.1 Å². The number of aromatic nitrogens is 1. The summed E-state index contributed by atoms with van der Waals surface area (Å²) in [6.07, 6.45) is 1.22. The second-order valence-electron chi connectivity index (χ2n) is 3.72. The zero-order valence-corrected chi connectivity index (χ0v) is 10.5. The number of benzene rings is 1. The molecule has 0 spiro atoms. The molecule has 1 aromatic carbocycles. The van der Waals surface area contributed by atoms with Crippen LogP contribution < -0.4 is 9.47 Å². The molecule has 1 heterocycles. The number of hydrogen-bond acceptors (Lipinski definition) is 5. The summed E-state index contributed by atoms with van der Waals surface area (Å²) in [6.45, 7) is 0. The van der Waals surface area contributed by atoms with E-state index in [-0.39, 0.29) is 5.69 Å². The highest BCUT2D eigenvalue weighted by Crippen LogP contribution is 2.32. The quantitative estimate of drug-likeness (QED) is 0.624. The number of hydrogen-bond donors (Lipinski definition) is 0. The van der Waals surface area contributed by atoms with Crippen molar-refractivity contribution in [3.05, 3.63) is 46.6 Å². The van der Waals surface area contributed by atoms with Crippen LogP contribution in [0, 0.1) is 10.1 Å². The Hall–Kier alpha value is -2.63. The predicted octanol–water partition coefficient (Wildman–Crippen LogP) is 2.67. The van der Waals surface area contributed by atoms with Gasteiger partial charge < -0.3 is 9.47 Å². The fraction of sp³-hybridized carbons (Fsp3) is 0.154. The molecule has 2 aromatic rings. The molecule has 6 heteroatoms. The van der Waals surface area contributed by atoms with Crippen molar-refractivity contribution >= 4 is 5.69 Å². The third kappa shape index (κ3) is 2.62. The van der Waals surface area contributed by atoms with Gasteiger partial charge in [-0.1, -0.05) is 0 Å². The van der Waals surface area contributed by atoms with Crippen molar-refractivity contribution in [2.45, 2.75) is 0 Å². The lowest BCUT2D eigenvalue weighted by molar-refractivity contribution is -0.385. The van der Waals surface area contributed by atoms with E-state index < -0.39 is 4.92 Å². The first-order valence-electron chi connectivity index (χ1n) is 5.48. The Morgan fingerprint density at radius 3 is 2.47 bits per heavy atom. The van der Waals surface area contributed by atoms with Crippen molar-refractivity contribution in [3.8, 4) is 22.8 Å². The van der Waals surface area contributed by atoms with Gasteiger partial charge in [0.05, 0.1) is 24.8 Å². The minimum absolute atomic E-state index is 0.0452. The largest absolute Gasteiger partial charge is 0.497 e. The van der Waals surface area contributed by atoms with E-state index in [1.165, 1.54) is 12.3 Å². The Morgan fingerprint density at radius 1 is 1.16 bits per heavy atom. The molecule has 2 rings (SSSR count). The van der Waals surface area contributed by atoms with E-state index in [2.05, 4.69) is 4.98 Å². The number of ether oxygens (including phenoxy) is 2. The van der Waals surface area contributed by atoms with Gasteiger partial charge >= 0.3 is 0 Å². The molecule has 0 saturated heterocycles. The van der Waals surface area contributed by atoms with E-state index in [1.807, 2.05) is 0 Å². The molecule has 0 unspecified atom stereocenters. The van der Waals surface area contributed by atoms with Crippen molar-refractivity contribution in [3.63, 3.8) is 0 Å². The fourth-order valence-electron chi connectivity index (χ4n) is 1.66. The lowest BCUT2D eigenvalue weighted by Crippen LogP contribution is -1.93. The minimum atomic E-state index is -0.484. The molecular formula is C13H12N2O4. The van der Waals surface area contributed by atoms with Crippen LogP contribution in [0.3, 0.4) is 0 Å². The first-order chi connectivity index (χ1) is 9.15. The number of methoxy groups -OCH3 is 2. The molecule has 0 fully saturated rings. The minimum Gasteiger partial charge on any atom is -0.497 e. The summed E-state index contributed by atoms with van der Waals surface area (Å²) in [5.74, 6) is 1.27. The monoisotopic (exact) mass is 260 g/mol. The summed E-state index contributed by atoms with van der Waals surface area (Å²) in [7, 11) is 3.11. The molecule has 0 aliphatic heterocycles. The Balaban J connectivity index is 2.43. The van der Waals surface area contributed by atoms with E-state index in [1.54, 1.807) is 38.5 Å². The molecular weight excluding hydrogens is 248 g/mol. The van der Waals surface area contributed by atoms with E-state index in [0.717, 1.165) is 5.56 Å². The molecule has 0 aliphatic rings. The van der Waals surface area contributed by atoms with Crippen LogP contribution in [0.1, 0.15) is 0 Å². The second kappa shape index (κ2) is 5.34. The van der Waals surface area contributed by atoms with Crippen molar-refractivity contribution in [2.75, 3.05) is 14.2 Å². The van der Waals surface area contributed by atoms with Crippen molar-refractivity contribution in [1.29, 1.82) is 0 Å². The maximum atomic E-state index is 10.6. The van der Waals surface area contributed by atoms with E-state index in [0.29, 0.717) is 17.2 Å². The zero-order valence-electron chi connectivity index (χ0n) is 10.5. The molecule has 0 amide bonds. The average Bonchev–Trinajstić information content (AvgIpc) is 2.46. The summed E-state index contributed by atoms with van der Waals surface area (Å²) < 4.78 is 10.4. The molecule has 98 valence electrons. The smallest absolute Gasteiger partial charge is 0.287 e. The van der Waals surface area contributed by atoms with Crippen molar-refractivity contribution in [1.82, 2.24) is 4.98 Å². The summed E-state index contributed by atoms with van der Waals surface area (Å²) in [4.78, 5) is 14.2. The zero-order chi connectivity index (χ0) is 13.8. The van der Waals surface area contributed by atoms with Crippen LogP contribution in [-0.4, -0.2) is 24.1 Å². The molecule has 0 bridgehead atoms. The molecule has 0 saturated carbocycles. The predicted molar refractivity (Wildman–Crippen MR) is 69.4 cm³/mol. The molecule has 0 aliphatic carbocycles. The Labute approximate surface area is 109 Å². The first kappa shape index (κ1) is 12.8. The van der Waals surface area contributed by atoms with E-state index in [9.17, 15) is 10.1 Å². The molecule has 19 heavy (non-hydrogen) atoms. The fourth-order valence-corrected chi connectivity index (χ4v) is 1.66. The second-order valence-corrected chi connectivity index (χ2v) is 3.72. The highest BCUT2D eigenvalue weighted by Gasteiger charge is 2.11. The Bertz CT molecular complexity index is 596. The van der Waals surface area contributed by atoms with Gasteiger partial charge in [-0.05, 0) is 18.2 Å². The summed E-state index contributed by atoms with van der Waals surface area (Å²) >= 11 is 0. The maximum absolute atomic E-state index is 10.6. The van der Waals surface area contributed by atoms with E-state index in [4.69, 9.17) is 9.47 Å². The number of nitrogens with zero attached hydrogens (tertiary/aromatic N) is 2. The number of nitro groups is 1. The van der Waals surface area contributed by atoms with Gasteiger partial charge in [0.25, 0.3) is 5.69 Å². The van der Waals surface area contributed by atoms with Gasteiger partial charge in [-0.25, -0.2) is 4.98 Å². The molecule has 0 N–H and O–H groups in total. The first-order valence-corrected chi connectivity index (χ1v) is 5.48. The van der Waals surface area contributed by atoms with Crippen LogP contribution in [0.25, 0.3) is 11.3 Å². The molecule has 1 aromatic heterocycles. The van der Waals surface area contributed by atoms with Gasteiger partial charge in [-0.15, -0.1) is 0 Å². The SMILES string of the molecule is COc1ccc(-c2ccc([N+](=O)[O-])cn2)c(OC)c1. The number of pyridine rings is 1. The summed E-state index contributed by atoms with van der Waals surface area (Å²) in [5, 5.41) is 10.6. The van der Waals surface area contributed by atoms with Gasteiger partial charge in [0.15, 0.2) is 0 Å². The summed E-state index contributed by atoms with van der Waals surface area (Å²) in [5.41, 5.74) is 1.31. The van der Waals surface area contributed by atoms with Gasteiger partial charge in [-0.2, -0.15) is 0 Å². The number of rotatable bonds is 4. The van der Waals surface area contributed by atoms with Gasteiger partial charge in [0.2, 0.25) is 0 Å². The standard InChI is InChI=1S/C13H12N2O4/c1-18-10-4-5-11(13(7-10)19-2)12-6-3-9(8-14-12)15(16)17/h3-8H,1-2H3. The Kier molecular flexibility index (Phi) is 3.61. The van der Waals surface area contributed by atoms with Crippen LogP contribution in [0.2, 0.25) is 0 Å². The topological polar surface area (TPSA) is 74.5 Å². The lowest BCUT2D eigenvalue weighted by atomic mass is 10.1. The van der Waals surface area contributed by atoms with Crippen LogP contribution in [0.4, 0.5) is 5.69 Å². The lowest BCUT2D eigenvalue weighted by Gasteiger charge is -2.09. The Morgan fingerprint density at radius 2 is 1.95 bits per heavy atom. The van der Waals surface area contributed by atoms with Crippen LogP contribution in [-0.2, 0) is 0 Å². The van der Waals surface area contributed by atoms with Crippen molar-refractivity contribution in [2.24, 2.45) is 0 Å². The van der Waals surface area contributed by atoms with Crippen LogP contribution in [0.5, 0.6) is 11.5 Å². The van der Waals surface area contributed by atoms with E-state index >= 15 is 0 Å². The van der Waals surface area contributed by atoms with Gasteiger partial charge in [0, 0.05) is 17.7 Å². The van der Waals surface area contributed by atoms with Crippen LogP contribution in [0.15, 0.2) is 36.5 Å². The molecule has 0 atom stereocenters. The third-order valence-electron chi connectivity index (χ3n) is 2.64. The average molecular weight is 260 g/mol. The maximum Gasteiger partial charge on any atom is 0.287 e. The summed E-state index contributed by atoms with van der Waals surface area (Å²) in [6, 6.07) is 8.31. The highest BCUT2D eigenvalue weighted by molar-refractivity contribution is 5.69. The normalized spacial score (nSPS) is 10.0. The van der Waals surface area contributed by atoms with Crippen molar-refractivity contribution < 1.29 is 14.4 Å². The van der Waals surface area contributed by atoms with Gasteiger partial charge in [0.1, 0.15) is 17.7 Å². The molecule has 6 nitrogen and oxygen atoms in total.